The van der Waals surface area contributed by atoms with E-state index in [9.17, 15) is 18.0 Å². The molecular formula is C22H20F3NO5. The van der Waals surface area contributed by atoms with E-state index >= 15 is 0 Å². The lowest BCUT2D eigenvalue weighted by Gasteiger charge is -2.17. The van der Waals surface area contributed by atoms with Gasteiger partial charge in [-0.15, -0.1) is 0 Å². The maximum atomic E-state index is 12.6. The highest BCUT2D eigenvalue weighted by atomic mass is 19.4. The van der Waals surface area contributed by atoms with Gasteiger partial charge in [-0.3, -0.25) is 4.79 Å². The van der Waals surface area contributed by atoms with Crippen LogP contribution in [0.5, 0.6) is 11.5 Å². The van der Waals surface area contributed by atoms with Crippen LogP contribution in [0.1, 0.15) is 36.1 Å². The largest absolute Gasteiger partial charge is 0.490 e. The highest BCUT2D eigenvalue weighted by molar-refractivity contribution is 5.68. The van der Waals surface area contributed by atoms with E-state index in [4.69, 9.17) is 19.1 Å². The summed E-state index contributed by atoms with van der Waals surface area (Å²) in [5.74, 6) is -0.556. The van der Waals surface area contributed by atoms with E-state index in [2.05, 4.69) is 5.16 Å². The lowest BCUT2D eigenvalue weighted by molar-refractivity contribution is -0.138. The van der Waals surface area contributed by atoms with Crippen molar-refractivity contribution in [2.24, 2.45) is 0 Å². The van der Waals surface area contributed by atoms with Gasteiger partial charge in [-0.1, -0.05) is 17.3 Å². The Bertz CT molecular complexity index is 970. The molecule has 1 unspecified atom stereocenters. The summed E-state index contributed by atoms with van der Waals surface area (Å²) in [6, 6.07) is 13.0. The minimum atomic E-state index is -4.39. The molecule has 3 rings (SSSR count). The molecule has 0 saturated carbocycles. The summed E-state index contributed by atoms with van der Waals surface area (Å²) in [5.41, 5.74) is 0.531. The first kappa shape index (κ1) is 22.2. The first-order valence-electron chi connectivity index (χ1n) is 9.41. The molecule has 0 amide bonds. The number of aromatic nitrogens is 1. The van der Waals surface area contributed by atoms with Crippen LogP contribution in [0.25, 0.3) is 0 Å². The molecule has 0 radical (unpaired) electrons. The molecule has 9 heteroatoms. The van der Waals surface area contributed by atoms with E-state index in [0.717, 1.165) is 17.7 Å². The third-order valence-electron chi connectivity index (χ3n) is 4.48. The number of carboxylic acid groups (broad SMARTS) is 1. The number of hydrogen-bond acceptors (Lipinski definition) is 5. The van der Waals surface area contributed by atoms with E-state index in [1.807, 2.05) is 0 Å². The van der Waals surface area contributed by atoms with Crippen LogP contribution in [0, 0.1) is 0 Å². The van der Waals surface area contributed by atoms with Crippen LogP contribution in [0.2, 0.25) is 0 Å². The van der Waals surface area contributed by atoms with Crippen LogP contribution < -0.4 is 9.47 Å². The Kier molecular flexibility index (Phi) is 6.84. The number of nitrogens with zero attached hydrogens (tertiary/aromatic N) is 1. The summed E-state index contributed by atoms with van der Waals surface area (Å²) >= 11 is 0. The highest BCUT2D eigenvalue weighted by Gasteiger charge is 2.30. The predicted molar refractivity (Wildman–Crippen MR) is 104 cm³/mol. The van der Waals surface area contributed by atoms with Gasteiger partial charge in [-0.25, -0.2) is 0 Å². The summed E-state index contributed by atoms with van der Waals surface area (Å²) in [6.45, 7) is 1.90. The van der Waals surface area contributed by atoms with Crippen LogP contribution >= 0.6 is 0 Å². The van der Waals surface area contributed by atoms with Gasteiger partial charge >= 0.3 is 12.1 Å². The normalized spacial score (nSPS) is 13.4. The van der Waals surface area contributed by atoms with Crippen molar-refractivity contribution >= 4 is 5.97 Å². The topological polar surface area (TPSA) is 81.8 Å². The standard InChI is InChI=1S/C22H20F3NO5/c1-14(31-18-8-4-16(5-9-18)22(23,24)25)13-29-17-6-2-15(3-7-17)19(12-21(27)28)20-10-11-30-26-20/h2-11,14,19H,12-13H2,1H3,(H,27,28)/t14-,19?/m0/s1. The lowest BCUT2D eigenvalue weighted by atomic mass is 9.92. The second-order valence-electron chi connectivity index (χ2n) is 6.91. The maximum Gasteiger partial charge on any atom is 0.416 e. The molecule has 0 bridgehead atoms. The molecular weight excluding hydrogens is 415 g/mol. The zero-order valence-electron chi connectivity index (χ0n) is 16.5. The zero-order valence-corrected chi connectivity index (χ0v) is 16.5. The third-order valence-corrected chi connectivity index (χ3v) is 4.48. The molecule has 1 heterocycles. The number of ether oxygens (including phenoxy) is 2. The second-order valence-corrected chi connectivity index (χ2v) is 6.91. The van der Waals surface area contributed by atoms with E-state index in [0.29, 0.717) is 17.2 Å². The quantitative estimate of drug-likeness (QED) is 0.501. The van der Waals surface area contributed by atoms with Crippen LogP contribution in [0.15, 0.2) is 65.4 Å². The summed E-state index contributed by atoms with van der Waals surface area (Å²) in [4.78, 5) is 11.2. The van der Waals surface area contributed by atoms with Gasteiger partial charge in [0.05, 0.1) is 17.7 Å². The molecule has 3 aromatic rings. The fourth-order valence-corrected chi connectivity index (χ4v) is 2.97. The van der Waals surface area contributed by atoms with Crippen molar-refractivity contribution in [1.29, 1.82) is 0 Å². The molecule has 31 heavy (non-hydrogen) atoms. The van der Waals surface area contributed by atoms with Gasteiger partial charge in [-0.05, 0) is 48.9 Å². The maximum absolute atomic E-state index is 12.6. The minimum Gasteiger partial charge on any atom is -0.490 e. The molecule has 1 aromatic heterocycles. The number of hydrogen-bond donors (Lipinski definition) is 1. The molecule has 6 nitrogen and oxygen atoms in total. The van der Waals surface area contributed by atoms with Crippen molar-refractivity contribution in [3.8, 4) is 11.5 Å². The van der Waals surface area contributed by atoms with Crippen molar-refractivity contribution in [2.45, 2.75) is 31.5 Å². The van der Waals surface area contributed by atoms with Gasteiger partial charge in [0.15, 0.2) is 0 Å². The van der Waals surface area contributed by atoms with Gasteiger partial charge in [0.2, 0.25) is 0 Å². The fourth-order valence-electron chi connectivity index (χ4n) is 2.97. The van der Waals surface area contributed by atoms with Crippen molar-refractivity contribution in [1.82, 2.24) is 5.16 Å². The number of halogens is 3. The molecule has 0 aliphatic heterocycles. The van der Waals surface area contributed by atoms with Gasteiger partial charge in [0.25, 0.3) is 0 Å². The molecule has 2 aromatic carbocycles. The molecule has 2 atom stereocenters. The zero-order chi connectivity index (χ0) is 22.4. The van der Waals surface area contributed by atoms with Gasteiger partial charge < -0.3 is 19.1 Å². The molecule has 0 fully saturated rings. The Labute approximate surface area is 176 Å². The Morgan fingerprint density at radius 2 is 1.71 bits per heavy atom. The number of carboxylic acids is 1. The average molecular weight is 435 g/mol. The smallest absolute Gasteiger partial charge is 0.416 e. The summed E-state index contributed by atoms with van der Waals surface area (Å²) in [7, 11) is 0. The van der Waals surface area contributed by atoms with Gasteiger partial charge in [0.1, 0.15) is 30.5 Å². The minimum absolute atomic E-state index is 0.134. The number of alkyl halides is 3. The number of benzene rings is 2. The molecule has 0 aliphatic rings. The number of carbonyl (C=O) groups is 1. The number of aliphatic carboxylic acids is 1. The van der Waals surface area contributed by atoms with Crippen LogP contribution in [-0.4, -0.2) is 28.9 Å². The van der Waals surface area contributed by atoms with Crippen LogP contribution in [-0.2, 0) is 11.0 Å². The monoisotopic (exact) mass is 435 g/mol. The van der Waals surface area contributed by atoms with Crippen molar-refractivity contribution in [3.05, 3.63) is 77.7 Å². The molecule has 0 spiro atoms. The molecule has 0 aliphatic carbocycles. The molecule has 1 N–H and O–H groups in total. The van der Waals surface area contributed by atoms with E-state index in [-0.39, 0.29) is 13.0 Å². The van der Waals surface area contributed by atoms with E-state index in [1.165, 1.54) is 18.4 Å². The van der Waals surface area contributed by atoms with Crippen molar-refractivity contribution in [3.63, 3.8) is 0 Å². The first-order chi connectivity index (χ1) is 14.7. The Morgan fingerprint density at radius 3 is 2.26 bits per heavy atom. The predicted octanol–water partition coefficient (Wildman–Crippen LogP) is 5.15. The Balaban J connectivity index is 1.56. The SMILES string of the molecule is C[C@@H](COc1ccc(C(CC(=O)O)c2ccon2)cc1)Oc1ccc(C(F)(F)F)cc1. The molecule has 0 saturated heterocycles. The Hall–Kier alpha value is -3.49. The fraction of sp³-hybridized carbons (Fsp3) is 0.273. The first-order valence-corrected chi connectivity index (χ1v) is 9.41. The highest BCUT2D eigenvalue weighted by Crippen LogP contribution is 2.31. The van der Waals surface area contributed by atoms with Gasteiger partial charge in [-0.2, -0.15) is 13.2 Å². The summed E-state index contributed by atoms with van der Waals surface area (Å²) in [6.07, 6.45) is -3.55. The van der Waals surface area contributed by atoms with E-state index < -0.39 is 29.7 Å². The summed E-state index contributed by atoms with van der Waals surface area (Å²) in [5, 5.41) is 13.0. The second kappa shape index (κ2) is 9.55. The summed E-state index contributed by atoms with van der Waals surface area (Å²) < 4.78 is 53.9. The van der Waals surface area contributed by atoms with Crippen molar-refractivity contribution in [2.75, 3.05) is 6.61 Å². The van der Waals surface area contributed by atoms with Crippen molar-refractivity contribution < 1.29 is 37.1 Å². The van der Waals surface area contributed by atoms with Crippen LogP contribution in [0.4, 0.5) is 13.2 Å². The average Bonchev–Trinajstić information content (AvgIpc) is 3.25. The van der Waals surface area contributed by atoms with Gasteiger partial charge in [0, 0.05) is 12.0 Å². The number of rotatable bonds is 9. The Morgan fingerprint density at radius 1 is 1.06 bits per heavy atom. The van der Waals surface area contributed by atoms with Crippen LogP contribution in [0.3, 0.4) is 0 Å². The molecule has 164 valence electrons. The lowest BCUT2D eigenvalue weighted by Crippen LogP contribution is -2.21. The van der Waals surface area contributed by atoms with E-state index in [1.54, 1.807) is 37.3 Å². The third kappa shape index (κ3) is 6.24.